The van der Waals surface area contributed by atoms with Gasteiger partial charge < -0.3 is 9.31 Å². The summed E-state index contributed by atoms with van der Waals surface area (Å²) >= 11 is 0. The fourth-order valence-electron chi connectivity index (χ4n) is 4.25. The van der Waals surface area contributed by atoms with Crippen LogP contribution in [0.1, 0.15) is 39.0 Å². The highest BCUT2D eigenvalue weighted by atomic mass is 32.2. The van der Waals surface area contributed by atoms with Crippen LogP contribution in [0.2, 0.25) is 0 Å². The first-order chi connectivity index (χ1) is 16.5. The van der Waals surface area contributed by atoms with E-state index in [0.29, 0.717) is 22.1 Å². The fraction of sp³-hybridized carbons (Fsp3) is 0.269. The molecule has 0 amide bonds. The molecule has 1 aliphatic rings. The molecule has 1 fully saturated rings. The number of halogens is 1. The third-order valence-corrected chi connectivity index (χ3v) is 8.64. The molecular formula is C26H26BFN2O4S. The van der Waals surface area contributed by atoms with Gasteiger partial charge in [0.1, 0.15) is 5.82 Å². The molecule has 6 nitrogen and oxygen atoms in total. The molecule has 180 valence electrons. The van der Waals surface area contributed by atoms with E-state index in [9.17, 15) is 12.8 Å². The molecule has 5 rings (SSSR count). The molecule has 0 spiro atoms. The van der Waals surface area contributed by atoms with E-state index < -0.39 is 34.2 Å². The van der Waals surface area contributed by atoms with E-state index in [2.05, 4.69) is 4.98 Å². The number of rotatable bonds is 5. The molecule has 0 radical (unpaired) electrons. The predicted octanol–water partition coefficient (Wildman–Crippen LogP) is 4.30. The highest BCUT2D eigenvalue weighted by Gasteiger charge is 2.52. The number of hydrogen-bond donors (Lipinski definition) is 0. The van der Waals surface area contributed by atoms with E-state index in [-0.39, 0.29) is 17.0 Å². The molecule has 35 heavy (non-hydrogen) atoms. The van der Waals surface area contributed by atoms with Crippen LogP contribution < -0.4 is 5.46 Å². The van der Waals surface area contributed by atoms with E-state index in [0.717, 1.165) is 0 Å². The Balaban J connectivity index is 1.73. The predicted molar refractivity (Wildman–Crippen MR) is 134 cm³/mol. The van der Waals surface area contributed by atoms with Crippen molar-refractivity contribution in [3.05, 3.63) is 90.0 Å². The minimum atomic E-state index is -4.02. The number of hydrogen-bond acceptors (Lipinski definition) is 5. The van der Waals surface area contributed by atoms with Crippen LogP contribution in [0.3, 0.4) is 0 Å². The molecular weight excluding hydrogens is 466 g/mol. The molecule has 4 aromatic rings. The summed E-state index contributed by atoms with van der Waals surface area (Å²) in [6.45, 7) is 7.83. The minimum Gasteiger partial charge on any atom is -0.399 e. The van der Waals surface area contributed by atoms with Gasteiger partial charge in [-0.25, -0.2) is 21.8 Å². The van der Waals surface area contributed by atoms with E-state index in [1.807, 2.05) is 27.7 Å². The van der Waals surface area contributed by atoms with Crippen molar-refractivity contribution in [2.75, 3.05) is 0 Å². The summed E-state index contributed by atoms with van der Waals surface area (Å²) in [5.74, 6) is -0.402. The molecule has 0 atom stereocenters. The van der Waals surface area contributed by atoms with Crippen LogP contribution in [0.4, 0.5) is 4.39 Å². The molecule has 3 heterocycles. The number of aromatic nitrogens is 2. The van der Waals surface area contributed by atoms with Gasteiger partial charge in [-0.2, -0.15) is 0 Å². The summed E-state index contributed by atoms with van der Waals surface area (Å²) in [4.78, 5) is 4.56. The summed E-state index contributed by atoms with van der Waals surface area (Å²) in [5, 5.41) is 0.580. The van der Waals surface area contributed by atoms with Crippen molar-refractivity contribution in [3.63, 3.8) is 0 Å². The van der Waals surface area contributed by atoms with Gasteiger partial charge in [0.2, 0.25) is 0 Å². The molecule has 0 bridgehead atoms. The highest BCUT2D eigenvalue weighted by Crippen LogP contribution is 2.37. The van der Waals surface area contributed by atoms with Gasteiger partial charge in [-0.05, 0) is 69.1 Å². The van der Waals surface area contributed by atoms with Crippen LogP contribution in [0.15, 0.2) is 77.8 Å². The summed E-state index contributed by atoms with van der Waals surface area (Å²) < 4.78 is 55.9. The monoisotopic (exact) mass is 492 g/mol. The largest absolute Gasteiger partial charge is 0.495 e. The number of nitrogens with zero attached hydrogens (tertiary/aromatic N) is 2. The van der Waals surface area contributed by atoms with Crippen LogP contribution >= 0.6 is 0 Å². The van der Waals surface area contributed by atoms with Crippen LogP contribution in [0, 0.1) is 5.82 Å². The summed E-state index contributed by atoms with van der Waals surface area (Å²) in [6.07, 6.45) is 1.62. The Morgan fingerprint density at radius 3 is 2.23 bits per heavy atom. The first kappa shape index (κ1) is 23.7. The average Bonchev–Trinajstić information content (AvgIpc) is 3.29. The Hall–Kier alpha value is -3.01. The Bertz CT molecular complexity index is 1500. The first-order valence-electron chi connectivity index (χ1n) is 11.4. The minimum absolute atomic E-state index is 0.0674. The molecule has 0 aliphatic carbocycles. The quantitative estimate of drug-likeness (QED) is 0.389. The van der Waals surface area contributed by atoms with Gasteiger partial charge in [-0.1, -0.05) is 36.4 Å². The van der Waals surface area contributed by atoms with Crippen LogP contribution in [-0.4, -0.2) is 35.7 Å². The molecule has 1 saturated heterocycles. The lowest BCUT2D eigenvalue weighted by atomic mass is 9.78. The van der Waals surface area contributed by atoms with E-state index in [1.54, 1.807) is 54.7 Å². The second kappa shape index (κ2) is 8.29. The lowest BCUT2D eigenvalue weighted by Gasteiger charge is -2.32. The number of benzene rings is 2. The van der Waals surface area contributed by atoms with E-state index in [1.165, 1.54) is 22.2 Å². The average molecular weight is 492 g/mol. The van der Waals surface area contributed by atoms with Crippen LogP contribution in [-0.2, 0) is 25.8 Å². The van der Waals surface area contributed by atoms with Crippen molar-refractivity contribution in [2.24, 2.45) is 0 Å². The third kappa shape index (κ3) is 3.97. The van der Waals surface area contributed by atoms with Gasteiger partial charge in [0.15, 0.2) is 5.65 Å². The maximum absolute atomic E-state index is 14.6. The van der Waals surface area contributed by atoms with E-state index >= 15 is 0 Å². The molecule has 2 aromatic heterocycles. The molecule has 0 saturated carbocycles. The first-order valence-corrected chi connectivity index (χ1v) is 12.8. The fourth-order valence-corrected chi connectivity index (χ4v) is 5.76. The molecule has 2 aromatic carbocycles. The third-order valence-electron chi connectivity index (χ3n) is 6.89. The van der Waals surface area contributed by atoms with Crippen LogP contribution in [0.25, 0.3) is 11.0 Å². The standard InChI is InChI=1S/C26H26BFN2O4S/c1-25(2)26(3,4)34-27(33-25)22-14-15-29-24-21(22)17-19(16-18-10-8-9-13-23(18)28)30(24)35(31,32)20-11-6-5-7-12-20/h5-15,17H,16H2,1-4H3. The van der Waals surface area contributed by atoms with Gasteiger partial charge >= 0.3 is 7.12 Å². The Labute approximate surface area is 204 Å². The number of pyridine rings is 1. The maximum Gasteiger partial charge on any atom is 0.495 e. The Morgan fingerprint density at radius 2 is 1.57 bits per heavy atom. The van der Waals surface area contributed by atoms with Gasteiger partial charge in [0.05, 0.1) is 16.1 Å². The Morgan fingerprint density at radius 1 is 0.943 bits per heavy atom. The van der Waals surface area contributed by atoms with E-state index in [4.69, 9.17) is 9.31 Å². The zero-order valence-corrected chi connectivity index (χ0v) is 20.8. The lowest BCUT2D eigenvalue weighted by molar-refractivity contribution is 0.00578. The Kier molecular flexibility index (Phi) is 5.62. The zero-order valence-electron chi connectivity index (χ0n) is 20.0. The molecule has 9 heteroatoms. The molecule has 0 unspecified atom stereocenters. The van der Waals surface area contributed by atoms with Crippen molar-refractivity contribution in [1.82, 2.24) is 8.96 Å². The van der Waals surface area contributed by atoms with Crippen molar-refractivity contribution in [3.8, 4) is 0 Å². The highest BCUT2D eigenvalue weighted by molar-refractivity contribution is 7.90. The van der Waals surface area contributed by atoms with Crippen molar-refractivity contribution in [1.29, 1.82) is 0 Å². The van der Waals surface area contributed by atoms with Crippen LogP contribution in [0.5, 0.6) is 0 Å². The van der Waals surface area contributed by atoms with Gasteiger partial charge in [0.25, 0.3) is 10.0 Å². The van der Waals surface area contributed by atoms with Crippen molar-refractivity contribution in [2.45, 2.75) is 50.2 Å². The van der Waals surface area contributed by atoms with Gasteiger partial charge in [-0.3, -0.25) is 0 Å². The normalized spacial score (nSPS) is 17.2. The zero-order chi connectivity index (χ0) is 25.0. The second-order valence-corrected chi connectivity index (χ2v) is 11.5. The van der Waals surface area contributed by atoms with Crippen molar-refractivity contribution < 1.29 is 22.1 Å². The summed E-state index contributed by atoms with van der Waals surface area (Å²) in [5.41, 5.74) is 0.560. The summed E-state index contributed by atoms with van der Waals surface area (Å²) in [6, 6.07) is 18.0. The van der Waals surface area contributed by atoms with Gasteiger partial charge in [-0.15, -0.1) is 0 Å². The van der Waals surface area contributed by atoms with Gasteiger partial charge in [0, 0.05) is 23.7 Å². The second-order valence-electron chi connectivity index (χ2n) is 9.71. The van der Waals surface area contributed by atoms with Crippen molar-refractivity contribution >= 4 is 33.6 Å². The lowest BCUT2D eigenvalue weighted by Crippen LogP contribution is -2.41. The summed E-state index contributed by atoms with van der Waals surface area (Å²) in [7, 11) is -4.73. The maximum atomic E-state index is 14.6. The molecule has 0 N–H and O–H groups in total. The topological polar surface area (TPSA) is 70.4 Å². The SMILES string of the molecule is CC1(C)OB(c2ccnc3c2cc(Cc2ccccc2F)n3S(=O)(=O)c2ccccc2)OC1(C)C. The number of fused-ring (bicyclic) bond motifs is 1. The molecule has 1 aliphatic heterocycles. The smallest absolute Gasteiger partial charge is 0.399 e.